The van der Waals surface area contributed by atoms with E-state index in [4.69, 9.17) is 15.3 Å². The molecule has 0 unspecified atom stereocenters. The number of hydrogen-bond donors (Lipinski definition) is 2. The Morgan fingerprint density at radius 3 is 2.83 bits per heavy atom. The standard InChI is InChI=1S/C13H17N3O2/c1-3-18-10-4-5-12-11(7-10)13(16-14)6-9(15-12)8-17-2/h4-7H,3,8,14H2,1-2H3,(H,15,16). The van der Waals surface area contributed by atoms with Crippen LogP contribution in [0.5, 0.6) is 5.75 Å². The predicted octanol–water partition coefficient (Wildman–Crippen LogP) is 2.07. The molecule has 1 aromatic carbocycles. The van der Waals surface area contributed by atoms with E-state index >= 15 is 0 Å². The first kappa shape index (κ1) is 12.6. The second-order valence-corrected chi connectivity index (χ2v) is 3.85. The number of benzene rings is 1. The monoisotopic (exact) mass is 247 g/mol. The number of methoxy groups -OCH3 is 1. The van der Waals surface area contributed by atoms with Crippen LogP contribution in [0.3, 0.4) is 0 Å². The van der Waals surface area contributed by atoms with Crippen LogP contribution < -0.4 is 16.0 Å². The molecule has 2 rings (SSSR count). The molecule has 0 amide bonds. The molecule has 5 nitrogen and oxygen atoms in total. The minimum atomic E-state index is 0.456. The van der Waals surface area contributed by atoms with Crippen LogP contribution in [0.25, 0.3) is 10.9 Å². The summed E-state index contributed by atoms with van der Waals surface area (Å²) in [4.78, 5) is 4.50. The van der Waals surface area contributed by atoms with Crippen molar-refractivity contribution in [2.45, 2.75) is 13.5 Å². The third kappa shape index (κ3) is 2.52. The van der Waals surface area contributed by atoms with Crippen LogP contribution in [0.4, 0.5) is 5.69 Å². The van der Waals surface area contributed by atoms with Gasteiger partial charge in [-0.05, 0) is 31.2 Å². The third-order valence-electron chi connectivity index (χ3n) is 2.59. The summed E-state index contributed by atoms with van der Waals surface area (Å²) in [6.45, 7) is 3.04. The largest absolute Gasteiger partial charge is 0.494 e. The van der Waals surface area contributed by atoms with Gasteiger partial charge in [-0.2, -0.15) is 0 Å². The molecule has 0 bridgehead atoms. The Balaban J connectivity index is 2.52. The first-order valence-electron chi connectivity index (χ1n) is 5.80. The van der Waals surface area contributed by atoms with Crippen molar-refractivity contribution < 1.29 is 9.47 Å². The summed E-state index contributed by atoms with van der Waals surface area (Å²) in [6, 6.07) is 7.62. The highest BCUT2D eigenvalue weighted by atomic mass is 16.5. The summed E-state index contributed by atoms with van der Waals surface area (Å²) in [5.41, 5.74) is 5.20. The Morgan fingerprint density at radius 2 is 2.17 bits per heavy atom. The number of nitrogens with one attached hydrogen (secondary N) is 1. The molecular formula is C13H17N3O2. The number of aromatic nitrogens is 1. The molecule has 0 aliphatic rings. The van der Waals surface area contributed by atoms with Gasteiger partial charge in [-0.1, -0.05) is 0 Å². The zero-order valence-corrected chi connectivity index (χ0v) is 10.6. The number of fused-ring (bicyclic) bond motifs is 1. The Kier molecular flexibility index (Phi) is 3.96. The maximum Gasteiger partial charge on any atom is 0.120 e. The molecule has 0 spiro atoms. The molecule has 1 aromatic heterocycles. The fourth-order valence-corrected chi connectivity index (χ4v) is 1.86. The highest BCUT2D eigenvalue weighted by Crippen LogP contribution is 2.27. The predicted molar refractivity (Wildman–Crippen MR) is 71.4 cm³/mol. The lowest BCUT2D eigenvalue weighted by molar-refractivity contribution is 0.182. The molecule has 96 valence electrons. The second kappa shape index (κ2) is 5.66. The zero-order valence-electron chi connectivity index (χ0n) is 10.6. The van der Waals surface area contributed by atoms with E-state index in [0.29, 0.717) is 13.2 Å². The molecular weight excluding hydrogens is 230 g/mol. The quantitative estimate of drug-likeness (QED) is 0.625. The minimum absolute atomic E-state index is 0.456. The lowest BCUT2D eigenvalue weighted by Crippen LogP contribution is -2.08. The number of rotatable bonds is 5. The van der Waals surface area contributed by atoms with Crippen molar-refractivity contribution in [2.24, 2.45) is 5.84 Å². The number of pyridine rings is 1. The summed E-state index contributed by atoms with van der Waals surface area (Å²) in [5.74, 6) is 6.35. The van der Waals surface area contributed by atoms with Gasteiger partial charge in [-0.15, -0.1) is 0 Å². The van der Waals surface area contributed by atoms with Gasteiger partial charge in [0.2, 0.25) is 0 Å². The van der Waals surface area contributed by atoms with Crippen LogP contribution in [0.15, 0.2) is 24.3 Å². The number of hydrogen-bond acceptors (Lipinski definition) is 5. The van der Waals surface area contributed by atoms with Crippen molar-refractivity contribution in [1.29, 1.82) is 0 Å². The Morgan fingerprint density at radius 1 is 1.33 bits per heavy atom. The molecule has 0 fully saturated rings. The zero-order chi connectivity index (χ0) is 13.0. The van der Waals surface area contributed by atoms with E-state index in [9.17, 15) is 0 Å². The maximum absolute atomic E-state index is 5.55. The van der Waals surface area contributed by atoms with Gasteiger partial charge in [-0.3, -0.25) is 10.8 Å². The molecule has 0 aliphatic carbocycles. The van der Waals surface area contributed by atoms with Crippen molar-refractivity contribution in [3.8, 4) is 5.75 Å². The van der Waals surface area contributed by atoms with Crippen LogP contribution >= 0.6 is 0 Å². The Hall–Kier alpha value is -1.85. The molecule has 2 aromatic rings. The van der Waals surface area contributed by atoms with E-state index in [1.807, 2.05) is 31.2 Å². The Labute approximate surface area is 106 Å². The highest BCUT2D eigenvalue weighted by molar-refractivity contribution is 5.92. The second-order valence-electron chi connectivity index (χ2n) is 3.85. The van der Waals surface area contributed by atoms with E-state index in [2.05, 4.69) is 10.4 Å². The smallest absolute Gasteiger partial charge is 0.120 e. The molecule has 1 heterocycles. The van der Waals surface area contributed by atoms with Crippen molar-refractivity contribution in [3.63, 3.8) is 0 Å². The summed E-state index contributed by atoms with van der Waals surface area (Å²) >= 11 is 0. The van der Waals surface area contributed by atoms with Crippen molar-refractivity contribution in [1.82, 2.24) is 4.98 Å². The topological polar surface area (TPSA) is 69.4 Å². The van der Waals surface area contributed by atoms with E-state index in [0.717, 1.165) is 28.0 Å². The first-order valence-corrected chi connectivity index (χ1v) is 5.80. The number of anilines is 1. The summed E-state index contributed by atoms with van der Waals surface area (Å²) < 4.78 is 10.6. The van der Waals surface area contributed by atoms with Gasteiger partial charge >= 0.3 is 0 Å². The Bertz CT molecular complexity index is 543. The number of nitrogens with zero attached hydrogens (tertiary/aromatic N) is 1. The third-order valence-corrected chi connectivity index (χ3v) is 2.59. The molecule has 0 aliphatic heterocycles. The number of hydrazine groups is 1. The molecule has 5 heteroatoms. The summed E-state index contributed by atoms with van der Waals surface area (Å²) in [6.07, 6.45) is 0. The van der Waals surface area contributed by atoms with E-state index < -0.39 is 0 Å². The van der Waals surface area contributed by atoms with Crippen molar-refractivity contribution >= 4 is 16.6 Å². The van der Waals surface area contributed by atoms with Crippen LogP contribution in [-0.4, -0.2) is 18.7 Å². The van der Waals surface area contributed by atoms with Crippen molar-refractivity contribution in [2.75, 3.05) is 19.1 Å². The number of nitrogens with two attached hydrogens (primary N) is 1. The van der Waals surface area contributed by atoms with Gasteiger partial charge in [0.25, 0.3) is 0 Å². The fraction of sp³-hybridized carbons (Fsp3) is 0.308. The molecule has 3 N–H and O–H groups in total. The summed E-state index contributed by atoms with van der Waals surface area (Å²) in [7, 11) is 1.64. The molecule has 0 saturated carbocycles. The molecule has 0 atom stereocenters. The van der Waals surface area contributed by atoms with Crippen LogP contribution in [0.2, 0.25) is 0 Å². The highest BCUT2D eigenvalue weighted by Gasteiger charge is 2.06. The van der Waals surface area contributed by atoms with Gasteiger partial charge < -0.3 is 14.9 Å². The van der Waals surface area contributed by atoms with Crippen molar-refractivity contribution in [3.05, 3.63) is 30.0 Å². The van der Waals surface area contributed by atoms with Gasteiger partial charge in [0.05, 0.1) is 30.1 Å². The van der Waals surface area contributed by atoms with Gasteiger partial charge in [0.1, 0.15) is 5.75 Å². The fourth-order valence-electron chi connectivity index (χ4n) is 1.86. The van der Waals surface area contributed by atoms with Gasteiger partial charge in [-0.25, -0.2) is 0 Å². The normalized spacial score (nSPS) is 10.6. The molecule has 0 saturated heterocycles. The SMILES string of the molecule is CCOc1ccc2nc(COC)cc(NN)c2c1. The first-order chi connectivity index (χ1) is 8.78. The number of ether oxygens (including phenoxy) is 2. The lowest BCUT2D eigenvalue weighted by Gasteiger charge is -2.10. The van der Waals surface area contributed by atoms with Crippen LogP contribution in [0, 0.1) is 0 Å². The molecule has 0 radical (unpaired) electrons. The lowest BCUT2D eigenvalue weighted by atomic mass is 10.1. The van der Waals surface area contributed by atoms with Crippen LogP contribution in [-0.2, 0) is 11.3 Å². The average Bonchev–Trinajstić information content (AvgIpc) is 2.39. The van der Waals surface area contributed by atoms with Crippen LogP contribution in [0.1, 0.15) is 12.6 Å². The van der Waals surface area contributed by atoms with E-state index in [1.54, 1.807) is 7.11 Å². The van der Waals surface area contributed by atoms with Gasteiger partial charge in [0.15, 0.2) is 0 Å². The van der Waals surface area contributed by atoms with Gasteiger partial charge in [0, 0.05) is 12.5 Å². The van der Waals surface area contributed by atoms with E-state index in [-0.39, 0.29) is 0 Å². The molecule has 18 heavy (non-hydrogen) atoms. The maximum atomic E-state index is 5.55. The summed E-state index contributed by atoms with van der Waals surface area (Å²) in [5, 5.41) is 0.934. The van der Waals surface area contributed by atoms with E-state index in [1.165, 1.54) is 0 Å². The minimum Gasteiger partial charge on any atom is -0.494 e. The number of nitrogen functional groups attached to an aromatic ring is 1. The average molecular weight is 247 g/mol.